The Morgan fingerprint density at radius 3 is 2.40 bits per heavy atom. The summed E-state index contributed by atoms with van der Waals surface area (Å²) in [7, 11) is 0. The van der Waals surface area contributed by atoms with Crippen LogP contribution >= 0.6 is 0 Å². The van der Waals surface area contributed by atoms with Crippen molar-refractivity contribution in [3.8, 4) is 5.69 Å². The average Bonchev–Trinajstić information content (AvgIpc) is 2.97. The number of benzene rings is 2. The fourth-order valence-electron chi connectivity index (χ4n) is 2.07. The highest BCUT2D eigenvalue weighted by Gasteiger charge is 2.16. The number of nitrogens with two attached hydrogens (primary N) is 1. The van der Waals surface area contributed by atoms with Crippen LogP contribution in [0.4, 0.5) is 4.39 Å². The lowest BCUT2D eigenvalue weighted by Gasteiger charge is -2.13. The zero-order valence-electron chi connectivity index (χ0n) is 10.6. The molecule has 3 rings (SSSR count). The molecular weight excluding hydrogens is 255 g/mol. The van der Waals surface area contributed by atoms with Crippen molar-refractivity contribution in [2.75, 3.05) is 0 Å². The van der Waals surface area contributed by atoms with Gasteiger partial charge < -0.3 is 5.73 Å². The van der Waals surface area contributed by atoms with Crippen LogP contribution in [0.2, 0.25) is 0 Å². The molecule has 1 unspecified atom stereocenters. The van der Waals surface area contributed by atoms with E-state index in [2.05, 4.69) is 10.3 Å². The highest BCUT2D eigenvalue weighted by Crippen LogP contribution is 2.21. The third-order valence-electron chi connectivity index (χ3n) is 3.12. The van der Waals surface area contributed by atoms with Gasteiger partial charge in [0.2, 0.25) is 0 Å². The van der Waals surface area contributed by atoms with Gasteiger partial charge in [0.05, 0.1) is 23.6 Å². The van der Waals surface area contributed by atoms with Gasteiger partial charge in [-0.2, -0.15) is 0 Å². The Balaban J connectivity index is 1.99. The van der Waals surface area contributed by atoms with E-state index in [1.807, 2.05) is 30.3 Å². The summed E-state index contributed by atoms with van der Waals surface area (Å²) in [4.78, 5) is 0. The monoisotopic (exact) mass is 268 g/mol. The van der Waals surface area contributed by atoms with Crippen molar-refractivity contribution >= 4 is 0 Å². The van der Waals surface area contributed by atoms with Crippen LogP contribution in [-0.4, -0.2) is 15.0 Å². The van der Waals surface area contributed by atoms with E-state index in [4.69, 9.17) is 5.73 Å². The summed E-state index contributed by atoms with van der Waals surface area (Å²) in [5.74, 6) is -0.282. The molecule has 0 aliphatic carbocycles. The topological polar surface area (TPSA) is 56.7 Å². The van der Waals surface area contributed by atoms with Crippen LogP contribution < -0.4 is 5.73 Å². The highest BCUT2D eigenvalue weighted by molar-refractivity contribution is 5.35. The van der Waals surface area contributed by atoms with E-state index in [0.29, 0.717) is 0 Å². The molecule has 100 valence electrons. The smallest absolute Gasteiger partial charge is 0.123 e. The quantitative estimate of drug-likeness (QED) is 0.793. The fraction of sp³-hybridized carbons (Fsp3) is 0.0667. The lowest BCUT2D eigenvalue weighted by Crippen LogP contribution is -2.16. The number of aromatic nitrogens is 3. The molecule has 0 fully saturated rings. The molecule has 1 aromatic heterocycles. The van der Waals surface area contributed by atoms with Crippen LogP contribution in [0.15, 0.2) is 60.8 Å². The summed E-state index contributed by atoms with van der Waals surface area (Å²) in [6.07, 6.45) is 1.63. The lowest BCUT2D eigenvalue weighted by atomic mass is 10.1. The van der Waals surface area contributed by atoms with Crippen molar-refractivity contribution in [1.82, 2.24) is 15.0 Å². The highest BCUT2D eigenvalue weighted by atomic mass is 19.1. The van der Waals surface area contributed by atoms with Crippen LogP contribution in [0.3, 0.4) is 0 Å². The van der Waals surface area contributed by atoms with Crippen molar-refractivity contribution in [2.45, 2.75) is 6.04 Å². The van der Waals surface area contributed by atoms with Crippen molar-refractivity contribution < 1.29 is 4.39 Å². The Morgan fingerprint density at radius 2 is 1.70 bits per heavy atom. The van der Waals surface area contributed by atoms with Gasteiger partial charge in [0.1, 0.15) is 5.82 Å². The SMILES string of the molecule is NC(c1ccc(F)cc1)c1cnnn1-c1ccccc1. The zero-order valence-corrected chi connectivity index (χ0v) is 10.6. The maximum atomic E-state index is 13.0. The summed E-state index contributed by atoms with van der Waals surface area (Å²) < 4.78 is 14.7. The number of nitrogens with zero attached hydrogens (tertiary/aromatic N) is 3. The summed E-state index contributed by atoms with van der Waals surface area (Å²) >= 11 is 0. The van der Waals surface area contributed by atoms with Crippen molar-refractivity contribution in [2.24, 2.45) is 5.73 Å². The number of hydrogen-bond donors (Lipinski definition) is 1. The van der Waals surface area contributed by atoms with E-state index in [-0.39, 0.29) is 5.82 Å². The van der Waals surface area contributed by atoms with Crippen LogP contribution in [0, 0.1) is 5.82 Å². The molecule has 2 aromatic carbocycles. The predicted octanol–water partition coefficient (Wildman–Crippen LogP) is 2.45. The van der Waals surface area contributed by atoms with E-state index >= 15 is 0 Å². The minimum absolute atomic E-state index is 0.282. The maximum absolute atomic E-state index is 13.0. The lowest BCUT2D eigenvalue weighted by molar-refractivity contribution is 0.625. The molecule has 0 saturated carbocycles. The second-order valence-corrected chi connectivity index (χ2v) is 4.44. The molecule has 4 nitrogen and oxygen atoms in total. The Hall–Kier alpha value is -2.53. The van der Waals surface area contributed by atoms with Gasteiger partial charge in [-0.1, -0.05) is 35.5 Å². The van der Waals surface area contributed by atoms with Gasteiger partial charge in [-0.15, -0.1) is 5.10 Å². The van der Waals surface area contributed by atoms with Gasteiger partial charge in [0.25, 0.3) is 0 Å². The average molecular weight is 268 g/mol. The Labute approximate surface area is 115 Å². The Kier molecular flexibility index (Phi) is 3.26. The van der Waals surface area contributed by atoms with Crippen LogP contribution in [0.1, 0.15) is 17.3 Å². The molecule has 0 bridgehead atoms. The summed E-state index contributed by atoms with van der Waals surface area (Å²) in [6, 6.07) is 15.3. The molecule has 0 amide bonds. The third-order valence-corrected chi connectivity index (χ3v) is 3.12. The molecule has 0 radical (unpaired) electrons. The summed E-state index contributed by atoms with van der Waals surface area (Å²) in [6.45, 7) is 0. The van der Waals surface area contributed by atoms with Gasteiger partial charge in [-0.25, -0.2) is 9.07 Å². The molecule has 0 aliphatic heterocycles. The molecule has 5 heteroatoms. The zero-order chi connectivity index (χ0) is 13.9. The largest absolute Gasteiger partial charge is 0.319 e. The van der Waals surface area contributed by atoms with E-state index in [1.165, 1.54) is 12.1 Å². The van der Waals surface area contributed by atoms with Crippen molar-refractivity contribution in [1.29, 1.82) is 0 Å². The Morgan fingerprint density at radius 1 is 1.00 bits per heavy atom. The normalized spacial score (nSPS) is 12.3. The molecule has 1 heterocycles. The van der Waals surface area contributed by atoms with Gasteiger partial charge in [0, 0.05) is 0 Å². The standard InChI is InChI=1S/C15H13FN4/c16-12-8-6-11(7-9-12)15(17)14-10-18-19-20(14)13-4-2-1-3-5-13/h1-10,15H,17H2. The van der Waals surface area contributed by atoms with E-state index < -0.39 is 6.04 Å². The number of rotatable bonds is 3. The molecular formula is C15H13FN4. The first-order valence-electron chi connectivity index (χ1n) is 6.23. The first-order chi connectivity index (χ1) is 9.75. The van der Waals surface area contributed by atoms with Gasteiger partial charge >= 0.3 is 0 Å². The van der Waals surface area contributed by atoms with Crippen molar-refractivity contribution in [3.05, 3.63) is 77.9 Å². The first-order valence-corrected chi connectivity index (χ1v) is 6.23. The molecule has 2 N–H and O–H groups in total. The minimum Gasteiger partial charge on any atom is -0.319 e. The van der Waals surface area contributed by atoms with E-state index in [1.54, 1.807) is 23.0 Å². The number of para-hydroxylation sites is 1. The van der Waals surface area contributed by atoms with Gasteiger partial charge in [-0.3, -0.25) is 0 Å². The molecule has 20 heavy (non-hydrogen) atoms. The predicted molar refractivity (Wildman–Crippen MR) is 73.8 cm³/mol. The Bertz CT molecular complexity index is 691. The first kappa shape index (κ1) is 12.5. The fourth-order valence-corrected chi connectivity index (χ4v) is 2.07. The van der Waals surface area contributed by atoms with Crippen LogP contribution in [0.25, 0.3) is 5.69 Å². The molecule has 3 aromatic rings. The molecule has 1 atom stereocenters. The molecule has 0 spiro atoms. The second-order valence-electron chi connectivity index (χ2n) is 4.44. The number of hydrogen-bond acceptors (Lipinski definition) is 3. The van der Waals surface area contributed by atoms with Crippen LogP contribution in [-0.2, 0) is 0 Å². The third kappa shape index (κ3) is 2.31. The van der Waals surface area contributed by atoms with E-state index in [0.717, 1.165) is 16.9 Å². The van der Waals surface area contributed by atoms with Crippen molar-refractivity contribution in [3.63, 3.8) is 0 Å². The van der Waals surface area contributed by atoms with E-state index in [9.17, 15) is 4.39 Å². The second kappa shape index (κ2) is 5.22. The maximum Gasteiger partial charge on any atom is 0.123 e. The summed E-state index contributed by atoms with van der Waals surface area (Å²) in [5, 5.41) is 7.98. The minimum atomic E-state index is -0.411. The molecule has 0 aliphatic rings. The number of halogens is 1. The van der Waals surface area contributed by atoms with Crippen LogP contribution in [0.5, 0.6) is 0 Å². The van der Waals surface area contributed by atoms with Gasteiger partial charge in [0.15, 0.2) is 0 Å². The van der Waals surface area contributed by atoms with Gasteiger partial charge in [-0.05, 0) is 29.8 Å². The molecule has 0 saturated heterocycles. The summed E-state index contributed by atoms with van der Waals surface area (Å²) in [5.41, 5.74) is 8.68.